The third kappa shape index (κ3) is 19.1. The summed E-state index contributed by atoms with van der Waals surface area (Å²) in [6, 6.07) is 8.62. The van der Waals surface area contributed by atoms with E-state index in [0.717, 1.165) is 31.4 Å². The molecule has 200 valence electrons. The first-order valence-electron chi connectivity index (χ1n) is 12.7. The van der Waals surface area contributed by atoms with Crippen molar-refractivity contribution in [3.05, 3.63) is 35.9 Å². The molecule has 1 rings (SSSR count). The van der Waals surface area contributed by atoms with Crippen LogP contribution in [0.25, 0.3) is 0 Å². The molecule has 1 aromatic carbocycles. The second kappa shape index (κ2) is 24.2. The van der Waals surface area contributed by atoms with E-state index in [4.69, 9.17) is 0 Å². The number of likely N-dealkylation sites (N-methyl/N-ethyl adjacent to an activating group) is 1. The fourth-order valence-corrected chi connectivity index (χ4v) is 2.87. The van der Waals surface area contributed by atoms with Crippen LogP contribution in [-0.2, 0) is 25.6 Å². The van der Waals surface area contributed by atoms with E-state index >= 15 is 0 Å². The number of hydrogen-bond donors (Lipinski definition) is 5. The van der Waals surface area contributed by atoms with Gasteiger partial charge in [0.25, 0.3) is 0 Å². The Morgan fingerprint density at radius 2 is 1.37 bits per heavy atom. The first kappa shape index (κ1) is 34.2. The van der Waals surface area contributed by atoms with Crippen molar-refractivity contribution < 1.29 is 19.2 Å². The maximum Gasteiger partial charge on any atom is 0.242 e. The molecule has 0 aromatic heterocycles. The van der Waals surface area contributed by atoms with Crippen LogP contribution in [0, 0.1) is 0 Å². The van der Waals surface area contributed by atoms with Crippen molar-refractivity contribution in [2.75, 3.05) is 33.2 Å². The van der Waals surface area contributed by atoms with Crippen LogP contribution in [0.4, 0.5) is 0 Å². The monoisotopic (exact) mass is 493 g/mol. The number of hydrogen-bond acceptors (Lipinski definition) is 5. The van der Waals surface area contributed by atoms with Gasteiger partial charge in [-0.1, -0.05) is 64.4 Å². The van der Waals surface area contributed by atoms with Crippen molar-refractivity contribution in [3.63, 3.8) is 0 Å². The predicted molar refractivity (Wildman–Crippen MR) is 142 cm³/mol. The molecule has 4 amide bonds. The summed E-state index contributed by atoms with van der Waals surface area (Å²) in [6.07, 6.45) is 3.42. The van der Waals surface area contributed by atoms with Gasteiger partial charge in [-0.15, -0.1) is 0 Å². The van der Waals surface area contributed by atoms with Crippen LogP contribution in [0.1, 0.15) is 65.9 Å². The average Bonchev–Trinajstić information content (AvgIpc) is 2.89. The molecule has 0 saturated carbocycles. The summed E-state index contributed by atoms with van der Waals surface area (Å²) < 4.78 is 0. The highest BCUT2D eigenvalue weighted by atomic mass is 16.2. The quantitative estimate of drug-likeness (QED) is 0.239. The minimum absolute atomic E-state index is 0.188. The summed E-state index contributed by atoms with van der Waals surface area (Å²) >= 11 is 0. The number of rotatable bonds is 15. The van der Waals surface area contributed by atoms with Crippen LogP contribution in [0.15, 0.2) is 30.3 Å². The minimum Gasteiger partial charge on any atom is -0.355 e. The van der Waals surface area contributed by atoms with Gasteiger partial charge in [-0.05, 0) is 38.9 Å². The highest BCUT2D eigenvalue weighted by Gasteiger charge is 2.21. The number of carbonyl (C=O) groups is 4. The molecule has 0 aliphatic heterocycles. The van der Waals surface area contributed by atoms with E-state index in [1.165, 1.54) is 0 Å². The maximum atomic E-state index is 12.3. The Bertz CT molecular complexity index is 698. The van der Waals surface area contributed by atoms with Crippen molar-refractivity contribution in [1.82, 2.24) is 26.6 Å². The summed E-state index contributed by atoms with van der Waals surface area (Å²) in [5.41, 5.74) is 0.914. The zero-order chi connectivity index (χ0) is 26.9. The Morgan fingerprint density at radius 3 is 1.97 bits per heavy atom. The molecule has 0 aliphatic carbocycles. The molecular weight excluding hydrogens is 446 g/mol. The van der Waals surface area contributed by atoms with Gasteiger partial charge in [0.05, 0.1) is 13.1 Å². The largest absolute Gasteiger partial charge is 0.355 e. The molecule has 9 heteroatoms. The van der Waals surface area contributed by atoms with Gasteiger partial charge in [0, 0.05) is 19.4 Å². The lowest BCUT2D eigenvalue weighted by Gasteiger charge is -2.18. The van der Waals surface area contributed by atoms with Crippen LogP contribution in [-0.4, -0.2) is 62.9 Å². The molecule has 9 nitrogen and oxygen atoms in total. The van der Waals surface area contributed by atoms with Crippen LogP contribution < -0.4 is 26.6 Å². The summed E-state index contributed by atoms with van der Waals surface area (Å²) in [7, 11) is 1.88. The van der Waals surface area contributed by atoms with Gasteiger partial charge in [0.15, 0.2) is 0 Å². The van der Waals surface area contributed by atoms with E-state index in [-0.39, 0.29) is 24.9 Å². The lowest BCUT2D eigenvalue weighted by atomic mass is 10.1. The van der Waals surface area contributed by atoms with Crippen molar-refractivity contribution in [2.24, 2.45) is 0 Å². The second-order valence-corrected chi connectivity index (χ2v) is 7.17. The average molecular weight is 494 g/mol. The third-order valence-corrected chi connectivity index (χ3v) is 4.51. The van der Waals surface area contributed by atoms with Crippen LogP contribution >= 0.6 is 0 Å². The molecule has 35 heavy (non-hydrogen) atoms. The molecule has 0 bridgehead atoms. The number of unbranched alkanes of at least 4 members (excludes halogenated alkanes) is 2. The normalized spacial score (nSPS) is 10.3. The molecule has 5 N–H and O–H groups in total. The molecule has 1 aromatic rings. The zero-order valence-electron chi connectivity index (χ0n) is 22.5. The first-order valence-corrected chi connectivity index (χ1v) is 12.7. The molecule has 0 radical (unpaired) electrons. The molecule has 1 unspecified atom stereocenters. The number of nitrogens with one attached hydrogen (secondary N) is 5. The Morgan fingerprint density at radius 1 is 0.771 bits per heavy atom. The van der Waals surface area contributed by atoms with Gasteiger partial charge in [-0.3, -0.25) is 19.2 Å². The van der Waals surface area contributed by atoms with E-state index in [9.17, 15) is 19.2 Å². The molecule has 0 aliphatic rings. The molecule has 0 saturated heterocycles. The van der Waals surface area contributed by atoms with Crippen molar-refractivity contribution in [1.29, 1.82) is 0 Å². The van der Waals surface area contributed by atoms with Crippen molar-refractivity contribution in [2.45, 2.75) is 72.8 Å². The maximum absolute atomic E-state index is 12.3. The smallest absolute Gasteiger partial charge is 0.242 e. The topological polar surface area (TPSA) is 128 Å². The summed E-state index contributed by atoms with van der Waals surface area (Å²) in [5, 5.41) is 13.4. The number of amides is 4. The van der Waals surface area contributed by atoms with Gasteiger partial charge < -0.3 is 26.6 Å². The summed E-state index contributed by atoms with van der Waals surface area (Å²) in [5.74, 6) is -1.41. The Hall–Kier alpha value is -2.94. The van der Waals surface area contributed by atoms with Crippen molar-refractivity contribution in [3.8, 4) is 0 Å². The van der Waals surface area contributed by atoms with E-state index < -0.39 is 17.9 Å². The van der Waals surface area contributed by atoms with Gasteiger partial charge >= 0.3 is 0 Å². The van der Waals surface area contributed by atoms with Gasteiger partial charge in [-0.2, -0.15) is 0 Å². The van der Waals surface area contributed by atoms with Gasteiger partial charge in [0.2, 0.25) is 23.6 Å². The molecular formula is C26H47N5O4. The predicted octanol–water partition coefficient (Wildman–Crippen LogP) is 1.91. The van der Waals surface area contributed by atoms with E-state index in [0.29, 0.717) is 19.4 Å². The minimum atomic E-state index is -0.741. The molecule has 1 atom stereocenters. The fourth-order valence-electron chi connectivity index (χ4n) is 2.87. The number of benzene rings is 1. The zero-order valence-corrected chi connectivity index (χ0v) is 22.5. The number of carbonyl (C=O) groups excluding carboxylic acids is 4. The van der Waals surface area contributed by atoms with E-state index in [1.807, 2.05) is 65.1 Å². The third-order valence-electron chi connectivity index (χ3n) is 4.51. The lowest BCUT2D eigenvalue weighted by molar-refractivity contribution is -0.130. The fraction of sp³-hybridized carbons (Fsp3) is 0.615. The van der Waals surface area contributed by atoms with E-state index in [1.54, 1.807) is 6.92 Å². The van der Waals surface area contributed by atoms with Gasteiger partial charge in [0.1, 0.15) is 6.04 Å². The highest BCUT2D eigenvalue weighted by Crippen LogP contribution is 2.03. The summed E-state index contributed by atoms with van der Waals surface area (Å²) in [6.45, 7) is 10.7. The Labute approximate surface area is 211 Å². The Balaban J connectivity index is 0. The summed E-state index contributed by atoms with van der Waals surface area (Å²) in [4.78, 5) is 48.1. The molecule has 0 spiro atoms. The molecule has 0 fully saturated rings. The lowest BCUT2D eigenvalue weighted by Crippen LogP contribution is -2.51. The first-order chi connectivity index (χ1) is 17.0. The van der Waals surface area contributed by atoms with Crippen LogP contribution in [0.5, 0.6) is 0 Å². The highest BCUT2D eigenvalue weighted by molar-refractivity contribution is 5.91. The second-order valence-electron chi connectivity index (χ2n) is 7.17. The van der Waals surface area contributed by atoms with E-state index in [2.05, 4.69) is 26.6 Å². The Kier molecular flexibility index (Phi) is 23.7. The van der Waals surface area contributed by atoms with Crippen LogP contribution in [0.3, 0.4) is 0 Å². The van der Waals surface area contributed by atoms with Crippen LogP contribution in [0.2, 0.25) is 0 Å². The van der Waals surface area contributed by atoms with Crippen molar-refractivity contribution >= 4 is 23.6 Å². The molecule has 0 heterocycles. The standard InChI is InChI=1S/C22H35N5O4.2C2H6/c1-3-24-22(31)18(14-17-10-6-4-7-11-17)27-21(30)16-26-20(29)15-25-19(28)12-8-5-9-13-23-2;2*1-2/h4,6-7,10-11,18,23H,3,5,8-9,12-16H2,1-2H3,(H,24,31)(H,25,28)(H,26,29)(H,27,30);2*1-2H3. The SMILES string of the molecule is CC.CC.CCNC(=O)C(Cc1ccccc1)NC(=O)CNC(=O)CNC(=O)CCCCCNC. The van der Waals surface area contributed by atoms with Gasteiger partial charge in [-0.25, -0.2) is 0 Å².